The van der Waals surface area contributed by atoms with Crippen LogP contribution in [-0.2, 0) is 0 Å². The molecule has 2 atom stereocenters. The monoisotopic (exact) mass is 267 g/mol. The zero-order valence-corrected chi connectivity index (χ0v) is 11.9. The summed E-state index contributed by atoms with van der Waals surface area (Å²) in [5.41, 5.74) is 2.69. The zero-order valence-electron chi connectivity index (χ0n) is 11.9. The Morgan fingerprint density at radius 3 is 2.60 bits per heavy atom. The zero-order chi connectivity index (χ0) is 13.8. The van der Waals surface area contributed by atoms with Crippen LogP contribution in [0, 0.1) is 0 Å². The summed E-state index contributed by atoms with van der Waals surface area (Å²) < 4.78 is 5.79. The van der Waals surface area contributed by atoms with Crippen molar-refractivity contribution in [3.8, 4) is 5.75 Å². The molecule has 1 fully saturated rings. The van der Waals surface area contributed by atoms with Gasteiger partial charge in [-0.05, 0) is 31.5 Å². The molecule has 3 rings (SSSR count). The summed E-state index contributed by atoms with van der Waals surface area (Å²) in [5, 5.41) is 3.64. The molecule has 1 N–H and O–H groups in total. The molecule has 0 amide bonds. The Balaban J connectivity index is 1.93. The molecule has 1 saturated heterocycles. The average molecular weight is 267 g/mol. The standard InChI is InChI=1S/C18H21NO/c1-2-20-17-11-7-6-10-16(17)18-15(12-13-19-18)14-8-4-3-5-9-14/h3-11,15,18-19H,2,12-13H2,1H3. The van der Waals surface area contributed by atoms with Gasteiger partial charge in [-0.1, -0.05) is 48.5 Å². The topological polar surface area (TPSA) is 21.3 Å². The van der Waals surface area contributed by atoms with Crippen molar-refractivity contribution in [2.75, 3.05) is 13.2 Å². The molecule has 2 nitrogen and oxygen atoms in total. The molecule has 1 aliphatic heterocycles. The minimum absolute atomic E-state index is 0.347. The third kappa shape index (κ3) is 2.56. The van der Waals surface area contributed by atoms with Crippen molar-refractivity contribution in [1.29, 1.82) is 0 Å². The van der Waals surface area contributed by atoms with Crippen molar-refractivity contribution in [3.05, 3.63) is 65.7 Å². The largest absolute Gasteiger partial charge is 0.494 e. The van der Waals surface area contributed by atoms with E-state index in [1.165, 1.54) is 17.5 Å². The molecule has 0 aliphatic carbocycles. The van der Waals surface area contributed by atoms with Crippen molar-refractivity contribution < 1.29 is 4.74 Å². The van der Waals surface area contributed by atoms with Crippen LogP contribution < -0.4 is 10.1 Å². The summed E-state index contributed by atoms with van der Waals surface area (Å²) in [4.78, 5) is 0. The number of hydrogen-bond donors (Lipinski definition) is 1. The van der Waals surface area contributed by atoms with E-state index >= 15 is 0 Å². The Hall–Kier alpha value is -1.80. The van der Waals surface area contributed by atoms with Gasteiger partial charge in [0.15, 0.2) is 0 Å². The molecule has 1 aliphatic rings. The quantitative estimate of drug-likeness (QED) is 0.907. The van der Waals surface area contributed by atoms with Crippen LogP contribution in [0.4, 0.5) is 0 Å². The van der Waals surface area contributed by atoms with E-state index < -0.39 is 0 Å². The first kappa shape index (κ1) is 13.2. The van der Waals surface area contributed by atoms with Gasteiger partial charge in [0.05, 0.1) is 6.61 Å². The van der Waals surface area contributed by atoms with Crippen LogP contribution >= 0.6 is 0 Å². The fourth-order valence-corrected chi connectivity index (χ4v) is 3.11. The van der Waals surface area contributed by atoms with Crippen molar-refractivity contribution >= 4 is 0 Å². The van der Waals surface area contributed by atoms with Crippen LogP contribution in [0.3, 0.4) is 0 Å². The van der Waals surface area contributed by atoms with Crippen LogP contribution in [-0.4, -0.2) is 13.2 Å². The Morgan fingerprint density at radius 1 is 1.05 bits per heavy atom. The Morgan fingerprint density at radius 2 is 1.80 bits per heavy atom. The molecular weight excluding hydrogens is 246 g/mol. The van der Waals surface area contributed by atoms with Gasteiger partial charge in [0.25, 0.3) is 0 Å². The lowest BCUT2D eigenvalue weighted by atomic mass is 9.87. The Kier molecular flexibility index (Phi) is 4.03. The maximum atomic E-state index is 5.79. The van der Waals surface area contributed by atoms with Gasteiger partial charge in [-0.3, -0.25) is 0 Å². The molecule has 2 heteroatoms. The first-order valence-corrected chi connectivity index (χ1v) is 7.40. The second kappa shape index (κ2) is 6.10. The van der Waals surface area contributed by atoms with Gasteiger partial charge < -0.3 is 10.1 Å². The van der Waals surface area contributed by atoms with Gasteiger partial charge in [0.2, 0.25) is 0 Å². The fourth-order valence-electron chi connectivity index (χ4n) is 3.11. The van der Waals surface area contributed by atoms with Gasteiger partial charge in [-0.2, -0.15) is 0 Å². The number of nitrogens with one attached hydrogen (secondary N) is 1. The number of benzene rings is 2. The van der Waals surface area contributed by atoms with E-state index in [-0.39, 0.29) is 0 Å². The fraction of sp³-hybridized carbons (Fsp3) is 0.333. The highest BCUT2D eigenvalue weighted by Gasteiger charge is 2.31. The summed E-state index contributed by atoms with van der Waals surface area (Å²) in [6, 6.07) is 19.5. The predicted octanol–water partition coefficient (Wildman–Crippen LogP) is 3.90. The van der Waals surface area contributed by atoms with Gasteiger partial charge in [0, 0.05) is 17.5 Å². The van der Waals surface area contributed by atoms with Crippen molar-refractivity contribution in [1.82, 2.24) is 5.32 Å². The Labute approximate surface area is 120 Å². The molecule has 20 heavy (non-hydrogen) atoms. The summed E-state index contributed by atoms with van der Waals surface area (Å²) in [7, 11) is 0. The molecule has 2 unspecified atom stereocenters. The smallest absolute Gasteiger partial charge is 0.124 e. The molecule has 2 aromatic carbocycles. The minimum atomic E-state index is 0.347. The lowest BCUT2D eigenvalue weighted by Crippen LogP contribution is -2.18. The van der Waals surface area contributed by atoms with Gasteiger partial charge in [-0.15, -0.1) is 0 Å². The number of ether oxygens (including phenoxy) is 1. The second-order valence-electron chi connectivity index (χ2n) is 5.21. The van der Waals surface area contributed by atoms with E-state index in [2.05, 4.69) is 53.8 Å². The molecule has 0 spiro atoms. The van der Waals surface area contributed by atoms with Gasteiger partial charge in [0.1, 0.15) is 5.75 Å². The van der Waals surface area contributed by atoms with Crippen LogP contribution in [0.2, 0.25) is 0 Å². The average Bonchev–Trinajstić information content (AvgIpc) is 2.98. The highest BCUT2D eigenvalue weighted by atomic mass is 16.5. The maximum absolute atomic E-state index is 5.79. The SMILES string of the molecule is CCOc1ccccc1C1NCCC1c1ccccc1. The molecule has 104 valence electrons. The minimum Gasteiger partial charge on any atom is -0.494 e. The lowest BCUT2D eigenvalue weighted by Gasteiger charge is -2.22. The second-order valence-corrected chi connectivity index (χ2v) is 5.21. The molecule has 0 aromatic heterocycles. The van der Waals surface area contributed by atoms with Crippen molar-refractivity contribution in [3.63, 3.8) is 0 Å². The number of rotatable bonds is 4. The van der Waals surface area contributed by atoms with E-state index in [4.69, 9.17) is 4.74 Å². The molecule has 2 aromatic rings. The summed E-state index contributed by atoms with van der Waals surface area (Å²) >= 11 is 0. The number of hydrogen-bond acceptors (Lipinski definition) is 2. The van der Waals surface area contributed by atoms with Crippen molar-refractivity contribution in [2.45, 2.75) is 25.3 Å². The van der Waals surface area contributed by atoms with E-state index in [0.29, 0.717) is 18.6 Å². The van der Waals surface area contributed by atoms with Crippen molar-refractivity contribution in [2.24, 2.45) is 0 Å². The van der Waals surface area contributed by atoms with Gasteiger partial charge in [-0.25, -0.2) is 0 Å². The predicted molar refractivity (Wildman–Crippen MR) is 82.2 cm³/mol. The normalized spacial score (nSPS) is 21.9. The van der Waals surface area contributed by atoms with Crippen LogP contribution in [0.25, 0.3) is 0 Å². The third-order valence-corrected chi connectivity index (χ3v) is 4.00. The maximum Gasteiger partial charge on any atom is 0.124 e. The molecule has 1 heterocycles. The van der Waals surface area contributed by atoms with E-state index in [1.807, 2.05) is 13.0 Å². The number of para-hydroxylation sites is 1. The first-order valence-electron chi connectivity index (χ1n) is 7.40. The summed E-state index contributed by atoms with van der Waals surface area (Å²) in [6.45, 7) is 3.80. The molecular formula is C18H21NO. The molecule has 0 radical (unpaired) electrons. The third-order valence-electron chi connectivity index (χ3n) is 4.00. The van der Waals surface area contributed by atoms with Gasteiger partial charge >= 0.3 is 0 Å². The first-order chi connectivity index (χ1) is 9.90. The molecule has 0 bridgehead atoms. The lowest BCUT2D eigenvalue weighted by molar-refractivity contribution is 0.331. The van der Waals surface area contributed by atoms with Crippen LogP contribution in [0.1, 0.15) is 36.4 Å². The van der Waals surface area contributed by atoms with E-state index in [0.717, 1.165) is 12.3 Å². The van der Waals surface area contributed by atoms with Crippen LogP contribution in [0.5, 0.6) is 5.75 Å². The highest BCUT2D eigenvalue weighted by Crippen LogP contribution is 2.40. The van der Waals surface area contributed by atoms with E-state index in [9.17, 15) is 0 Å². The summed E-state index contributed by atoms with van der Waals surface area (Å²) in [6.07, 6.45) is 1.18. The van der Waals surface area contributed by atoms with E-state index in [1.54, 1.807) is 0 Å². The highest BCUT2D eigenvalue weighted by molar-refractivity contribution is 5.39. The van der Waals surface area contributed by atoms with Crippen LogP contribution in [0.15, 0.2) is 54.6 Å². The Bertz CT molecular complexity index is 552. The molecule has 0 saturated carbocycles. The summed E-state index contributed by atoms with van der Waals surface area (Å²) in [5.74, 6) is 1.54.